The fraction of sp³-hybridized carbons (Fsp3) is 0.286. The highest BCUT2D eigenvalue weighted by molar-refractivity contribution is 8.13. The second kappa shape index (κ2) is 5.25. The molecule has 0 saturated heterocycles. The molecule has 1 N–H and O–H groups in total. The lowest BCUT2D eigenvalue weighted by Gasteiger charge is -2.04. The first-order chi connectivity index (χ1) is 7.71. The van der Waals surface area contributed by atoms with Crippen LogP contribution in [0.1, 0.15) is 0 Å². The van der Waals surface area contributed by atoms with Crippen molar-refractivity contribution in [3.8, 4) is 0 Å². The van der Waals surface area contributed by atoms with E-state index in [1.165, 1.54) is 0 Å². The molecule has 0 unspecified atom stereocenters. The van der Waals surface area contributed by atoms with Gasteiger partial charge in [-0.2, -0.15) is 0 Å². The zero-order valence-electron chi connectivity index (χ0n) is 8.30. The fourth-order valence-electron chi connectivity index (χ4n) is 0.921. The molecule has 96 valence electrons. The van der Waals surface area contributed by atoms with Crippen LogP contribution >= 0.6 is 10.7 Å². The number of hydrogen-bond donors (Lipinski definition) is 1. The average molecular weight is 303 g/mol. The van der Waals surface area contributed by atoms with Gasteiger partial charge in [-0.15, -0.1) is 0 Å². The van der Waals surface area contributed by atoms with Crippen molar-refractivity contribution in [3.05, 3.63) is 24.3 Å². The molecule has 6 nitrogen and oxygen atoms in total. The van der Waals surface area contributed by atoms with E-state index in [4.69, 9.17) is 10.7 Å². The Morgan fingerprint density at radius 2 is 1.94 bits per heavy atom. The molecule has 0 spiro atoms. The Balaban J connectivity index is 2.77. The van der Waals surface area contributed by atoms with Gasteiger partial charge < -0.3 is 0 Å². The largest absolute Gasteiger partial charge is 0.260 e. The summed E-state index contributed by atoms with van der Waals surface area (Å²) in [5.41, 5.74) is 0. The number of nitrogens with one attached hydrogen (secondary N) is 1. The minimum absolute atomic E-state index is 0.385. The van der Waals surface area contributed by atoms with Crippen LogP contribution in [0.2, 0.25) is 0 Å². The highest BCUT2D eigenvalue weighted by Crippen LogP contribution is 2.08. The summed E-state index contributed by atoms with van der Waals surface area (Å²) < 4.78 is 58.9. The molecule has 1 aromatic rings. The van der Waals surface area contributed by atoms with Crippen LogP contribution in [0.25, 0.3) is 0 Å². The zero-order chi connectivity index (χ0) is 13.1. The number of sulfonamides is 1. The summed E-state index contributed by atoms with van der Waals surface area (Å²) in [7, 11) is -2.86. The van der Waals surface area contributed by atoms with Gasteiger partial charge in [-0.3, -0.25) is 4.98 Å². The summed E-state index contributed by atoms with van der Waals surface area (Å²) in [6.45, 7) is -0.398. The molecule has 10 heteroatoms. The predicted molar refractivity (Wildman–Crippen MR) is 59.0 cm³/mol. The summed E-state index contributed by atoms with van der Waals surface area (Å²) in [5.74, 6) is -1.37. The van der Waals surface area contributed by atoms with Crippen molar-refractivity contribution in [2.45, 2.75) is 4.90 Å². The molecule has 0 aliphatic heterocycles. The van der Waals surface area contributed by atoms with Crippen LogP contribution in [0.4, 0.5) is 4.39 Å². The average Bonchev–Trinajstić information content (AvgIpc) is 2.15. The smallest absolute Gasteiger partial charge is 0.242 e. The van der Waals surface area contributed by atoms with Gasteiger partial charge in [0.25, 0.3) is 0 Å². The summed E-state index contributed by atoms with van der Waals surface area (Å²) in [5, 5.41) is 0. The second-order valence-corrected chi connectivity index (χ2v) is 7.64. The topological polar surface area (TPSA) is 93.2 Å². The number of rotatable bonds is 5. The van der Waals surface area contributed by atoms with Crippen LogP contribution in [-0.4, -0.2) is 34.1 Å². The Labute approximate surface area is 102 Å². The molecule has 1 heterocycles. The number of nitrogens with zero attached hydrogens (tertiary/aromatic N) is 1. The lowest BCUT2D eigenvalue weighted by molar-refractivity contribution is 0.577. The normalized spacial score (nSPS) is 12.6. The third-order valence-electron chi connectivity index (χ3n) is 1.63. The van der Waals surface area contributed by atoms with Crippen LogP contribution < -0.4 is 4.72 Å². The quantitative estimate of drug-likeness (QED) is 0.777. The molecule has 0 aliphatic rings. The van der Waals surface area contributed by atoms with E-state index < -0.39 is 37.2 Å². The molecule has 0 aliphatic carbocycles. The van der Waals surface area contributed by atoms with Gasteiger partial charge in [0.15, 0.2) is 0 Å². The molecule has 0 atom stereocenters. The van der Waals surface area contributed by atoms with Gasteiger partial charge >= 0.3 is 0 Å². The van der Waals surface area contributed by atoms with Gasteiger partial charge in [-0.25, -0.2) is 25.9 Å². The van der Waals surface area contributed by atoms with E-state index >= 15 is 0 Å². The highest BCUT2D eigenvalue weighted by Gasteiger charge is 2.16. The van der Waals surface area contributed by atoms with Crippen LogP contribution in [0.3, 0.4) is 0 Å². The second-order valence-electron chi connectivity index (χ2n) is 2.98. The Bertz CT molecular complexity index is 602. The SMILES string of the molecule is O=S(=O)(Cl)CCNS(=O)(=O)c1cncc(F)c1. The molecule has 0 radical (unpaired) electrons. The van der Waals surface area contributed by atoms with Crippen molar-refractivity contribution in [3.63, 3.8) is 0 Å². The van der Waals surface area contributed by atoms with Crippen molar-refractivity contribution in [2.24, 2.45) is 0 Å². The maximum absolute atomic E-state index is 12.7. The Morgan fingerprint density at radius 1 is 1.29 bits per heavy atom. The van der Waals surface area contributed by atoms with Gasteiger partial charge in [0.2, 0.25) is 19.1 Å². The number of pyridine rings is 1. The molecule has 0 amide bonds. The summed E-state index contributed by atoms with van der Waals surface area (Å²) in [6, 6.07) is 0.768. The molecular formula is C7H8ClFN2O4S2. The number of aromatic nitrogens is 1. The molecule has 1 rings (SSSR count). The Hall–Kier alpha value is -0.770. The molecular weight excluding hydrogens is 295 g/mol. The van der Waals surface area contributed by atoms with Crippen LogP contribution in [0, 0.1) is 5.82 Å². The highest BCUT2D eigenvalue weighted by atomic mass is 35.7. The van der Waals surface area contributed by atoms with Gasteiger partial charge in [0.1, 0.15) is 10.7 Å². The first kappa shape index (κ1) is 14.3. The van der Waals surface area contributed by atoms with Gasteiger partial charge in [-0.05, 0) is 6.07 Å². The first-order valence-corrected chi connectivity index (χ1v) is 8.19. The third-order valence-corrected chi connectivity index (χ3v) is 4.21. The summed E-state index contributed by atoms with van der Waals surface area (Å²) >= 11 is 0. The maximum atomic E-state index is 12.7. The van der Waals surface area contributed by atoms with Crippen molar-refractivity contribution in [1.82, 2.24) is 9.71 Å². The van der Waals surface area contributed by atoms with Gasteiger partial charge in [0.05, 0.1) is 11.9 Å². The van der Waals surface area contributed by atoms with Gasteiger partial charge in [-0.1, -0.05) is 0 Å². The van der Waals surface area contributed by atoms with Crippen LogP contribution in [0.15, 0.2) is 23.4 Å². The van der Waals surface area contributed by atoms with Crippen molar-refractivity contribution < 1.29 is 21.2 Å². The lowest BCUT2D eigenvalue weighted by Crippen LogP contribution is -2.28. The van der Waals surface area contributed by atoms with E-state index in [0.717, 1.165) is 18.5 Å². The lowest BCUT2D eigenvalue weighted by atomic mass is 10.5. The summed E-state index contributed by atoms with van der Waals surface area (Å²) in [4.78, 5) is 2.98. The standard InChI is InChI=1S/C7H8ClFN2O4S2/c8-16(12,13)2-1-11-17(14,15)7-3-6(9)4-10-5-7/h3-5,11H,1-2H2. The molecule has 0 bridgehead atoms. The van der Waals surface area contributed by atoms with E-state index in [1.54, 1.807) is 0 Å². The van der Waals surface area contributed by atoms with E-state index in [1.807, 2.05) is 4.72 Å². The Morgan fingerprint density at radius 3 is 2.47 bits per heavy atom. The van der Waals surface area contributed by atoms with Gasteiger partial charge in [0, 0.05) is 23.4 Å². The molecule has 0 saturated carbocycles. The van der Waals surface area contributed by atoms with E-state index in [2.05, 4.69) is 4.98 Å². The first-order valence-electron chi connectivity index (χ1n) is 4.23. The molecule has 0 aromatic carbocycles. The minimum atomic E-state index is -3.98. The van der Waals surface area contributed by atoms with E-state index in [-0.39, 0.29) is 4.90 Å². The van der Waals surface area contributed by atoms with Crippen LogP contribution in [-0.2, 0) is 19.1 Å². The van der Waals surface area contributed by atoms with Crippen LogP contribution in [0.5, 0.6) is 0 Å². The predicted octanol–water partition coefficient (Wildman–Crippen LogP) is 0.0676. The molecule has 1 aromatic heterocycles. The minimum Gasteiger partial charge on any atom is -0.260 e. The molecule has 17 heavy (non-hydrogen) atoms. The van der Waals surface area contributed by atoms with Crippen molar-refractivity contribution in [1.29, 1.82) is 0 Å². The maximum Gasteiger partial charge on any atom is 0.242 e. The summed E-state index contributed by atoms with van der Waals surface area (Å²) in [6.07, 6.45) is 1.79. The fourth-order valence-corrected chi connectivity index (χ4v) is 2.63. The Kier molecular flexibility index (Phi) is 4.42. The monoisotopic (exact) mass is 302 g/mol. The van der Waals surface area contributed by atoms with Crippen molar-refractivity contribution in [2.75, 3.05) is 12.3 Å². The van der Waals surface area contributed by atoms with E-state index in [9.17, 15) is 21.2 Å². The molecule has 0 fully saturated rings. The van der Waals surface area contributed by atoms with E-state index in [0.29, 0.717) is 0 Å². The van der Waals surface area contributed by atoms with Crippen molar-refractivity contribution >= 4 is 29.8 Å². The third kappa shape index (κ3) is 4.94. The number of hydrogen-bond acceptors (Lipinski definition) is 5. The zero-order valence-corrected chi connectivity index (χ0v) is 10.7. The number of halogens is 2.